The third-order valence-electron chi connectivity index (χ3n) is 3.39. The van der Waals surface area contributed by atoms with Crippen LogP contribution in [0.4, 0.5) is 0 Å². The van der Waals surface area contributed by atoms with Crippen LogP contribution in [-0.2, 0) is 6.42 Å². The molecule has 1 aromatic heterocycles. The lowest BCUT2D eigenvalue weighted by molar-refractivity contribution is 0.300. The molecule has 2 atom stereocenters. The third-order valence-corrected chi connectivity index (χ3v) is 3.39. The Hall–Kier alpha value is -0.830. The van der Waals surface area contributed by atoms with Gasteiger partial charge in [-0.05, 0) is 19.3 Å². The first kappa shape index (κ1) is 10.7. The fraction of sp³-hybridized carbons (Fsp3) is 0.750. The lowest BCUT2D eigenvalue weighted by Crippen LogP contribution is -2.35. The van der Waals surface area contributed by atoms with Gasteiger partial charge in [0.1, 0.15) is 0 Å². The molecule has 0 bridgehead atoms. The van der Waals surface area contributed by atoms with Gasteiger partial charge < -0.3 is 10.3 Å². The Morgan fingerprint density at radius 3 is 3.00 bits per heavy atom. The van der Waals surface area contributed by atoms with Gasteiger partial charge in [-0.1, -0.05) is 26.2 Å². The second-order valence-corrected chi connectivity index (χ2v) is 4.56. The van der Waals surface area contributed by atoms with Crippen LogP contribution in [0.5, 0.6) is 0 Å². The van der Waals surface area contributed by atoms with Crippen LogP contribution >= 0.6 is 0 Å². The van der Waals surface area contributed by atoms with Crippen LogP contribution in [0.2, 0.25) is 0 Å². The molecule has 1 aliphatic rings. The second-order valence-electron chi connectivity index (χ2n) is 4.56. The average molecular weight is 207 g/mol. The van der Waals surface area contributed by atoms with Gasteiger partial charge in [0.15, 0.2) is 0 Å². The van der Waals surface area contributed by atoms with Crippen molar-refractivity contribution < 1.29 is 0 Å². The molecule has 0 aromatic carbocycles. The monoisotopic (exact) mass is 207 g/mol. The summed E-state index contributed by atoms with van der Waals surface area (Å²) < 4.78 is 2.31. The van der Waals surface area contributed by atoms with Gasteiger partial charge in [0.05, 0.1) is 6.33 Å². The van der Waals surface area contributed by atoms with E-state index in [4.69, 9.17) is 5.73 Å². The molecule has 2 unspecified atom stereocenters. The Bertz CT molecular complexity index is 306. The van der Waals surface area contributed by atoms with E-state index >= 15 is 0 Å². The smallest absolute Gasteiger partial charge is 0.0951 e. The molecule has 0 amide bonds. The Labute approximate surface area is 91.7 Å². The van der Waals surface area contributed by atoms with Gasteiger partial charge >= 0.3 is 0 Å². The minimum atomic E-state index is 0.323. The molecule has 3 nitrogen and oxygen atoms in total. The normalized spacial score (nSPS) is 26.8. The number of nitrogens with zero attached hydrogens (tertiary/aromatic N) is 2. The van der Waals surface area contributed by atoms with Crippen LogP contribution in [0.3, 0.4) is 0 Å². The highest BCUT2D eigenvalue weighted by Gasteiger charge is 2.24. The lowest BCUT2D eigenvalue weighted by atomic mass is 9.90. The maximum atomic E-state index is 6.19. The summed E-state index contributed by atoms with van der Waals surface area (Å²) in [7, 11) is 0. The van der Waals surface area contributed by atoms with Gasteiger partial charge in [-0.3, -0.25) is 0 Å². The van der Waals surface area contributed by atoms with E-state index in [0.717, 1.165) is 12.8 Å². The van der Waals surface area contributed by atoms with Crippen LogP contribution in [0.25, 0.3) is 0 Å². The van der Waals surface area contributed by atoms with Crippen molar-refractivity contribution in [2.75, 3.05) is 0 Å². The van der Waals surface area contributed by atoms with Crippen molar-refractivity contribution in [3.63, 3.8) is 0 Å². The molecule has 1 aliphatic carbocycles. The van der Waals surface area contributed by atoms with E-state index in [0.29, 0.717) is 12.1 Å². The summed E-state index contributed by atoms with van der Waals surface area (Å²) >= 11 is 0. The molecule has 1 aromatic rings. The van der Waals surface area contributed by atoms with Crippen molar-refractivity contribution >= 4 is 0 Å². The van der Waals surface area contributed by atoms with E-state index in [2.05, 4.69) is 16.5 Å². The molecule has 0 saturated heterocycles. The highest BCUT2D eigenvalue weighted by Crippen LogP contribution is 2.28. The first-order valence-corrected chi connectivity index (χ1v) is 6.09. The largest absolute Gasteiger partial charge is 0.330 e. The summed E-state index contributed by atoms with van der Waals surface area (Å²) in [5.41, 5.74) is 7.53. The summed E-state index contributed by atoms with van der Waals surface area (Å²) in [6, 6.07) is 0.811. The Morgan fingerprint density at radius 2 is 2.27 bits per heavy atom. The number of aromatic nitrogens is 2. The minimum absolute atomic E-state index is 0.323. The third kappa shape index (κ3) is 2.23. The van der Waals surface area contributed by atoms with Gasteiger partial charge in [0, 0.05) is 24.0 Å². The molecule has 0 spiro atoms. The number of imidazole rings is 1. The minimum Gasteiger partial charge on any atom is -0.330 e. The van der Waals surface area contributed by atoms with Gasteiger partial charge in [-0.15, -0.1) is 0 Å². The van der Waals surface area contributed by atoms with E-state index in [9.17, 15) is 0 Å². The van der Waals surface area contributed by atoms with Crippen LogP contribution in [0.1, 0.15) is 50.8 Å². The van der Waals surface area contributed by atoms with Crippen LogP contribution in [0, 0.1) is 0 Å². The van der Waals surface area contributed by atoms with E-state index in [1.54, 1.807) is 0 Å². The molecule has 0 aliphatic heterocycles. The Balaban J connectivity index is 2.15. The predicted molar refractivity (Wildman–Crippen MR) is 61.7 cm³/mol. The number of hydrogen-bond acceptors (Lipinski definition) is 2. The number of rotatable bonds is 3. The Kier molecular flexibility index (Phi) is 3.41. The molecular weight excluding hydrogens is 186 g/mol. The van der Waals surface area contributed by atoms with Crippen molar-refractivity contribution in [3.8, 4) is 0 Å². The lowest BCUT2D eigenvalue weighted by Gasteiger charge is -2.30. The van der Waals surface area contributed by atoms with Crippen LogP contribution < -0.4 is 5.73 Å². The van der Waals surface area contributed by atoms with Crippen molar-refractivity contribution in [1.82, 2.24) is 9.55 Å². The highest BCUT2D eigenvalue weighted by molar-refractivity contribution is 5.02. The number of nitrogens with two attached hydrogens (primary N) is 1. The van der Waals surface area contributed by atoms with Gasteiger partial charge in [-0.2, -0.15) is 0 Å². The summed E-state index contributed by atoms with van der Waals surface area (Å²) in [5.74, 6) is 0. The van der Waals surface area contributed by atoms with Crippen molar-refractivity contribution in [2.24, 2.45) is 5.73 Å². The molecule has 2 rings (SSSR count). The predicted octanol–water partition coefficient (Wildman–Crippen LogP) is 2.28. The molecule has 1 saturated carbocycles. The van der Waals surface area contributed by atoms with E-state index < -0.39 is 0 Å². The van der Waals surface area contributed by atoms with E-state index in [-0.39, 0.29) is 0 Å². The second kappa shape index (κ2) is 4.79. The quantitative estimate of drug-likeness (QED) is 0.826. The Morgan fingerprint density at radius 1 is 1.47 bits per heavy atom. The van der Waals surface area contributed by atoms with Crippen molar-refractivity contribution in [3.05, 3.63) is 18.2 Å². The molecular formula is C12H21N3. The fourth-order valence-electron chi connectivity index (χ4n) is 2.57. The average Bonchev–Trinajstić information content (AvgIpc) is 2.67. The van der Waals surface area contributed by atoms with Crippen molar-refractivity contribution in [2.45, 2.75) is 57.5 Å². The van der Waals surface area contributed by atoms with Crippen LogP contribution in [0.15, 0.2) is 12.5 Å². The highest BCUT2D eigenvalue weighted by atomic mass is 15.1. The molecule has 2 N–H and O–H groups in total. The van der Waals surface area contributed by atoms with Gasteiger partial charge in [0.25, 0.3) is 0 Å². The molecule has 1 fully saturated rings. The zero-order valence-corrected chi connectivity index (χ0v) is 9.52. The van der Waals surface area contributed by atoms with Gasteiger partial charge in [-0.25, -0.2) is 4.98 Å². The van der Waals surface area contributed by atoms with Crippen molar-refractivity contribution in [1.29, 1.82) is 0 Å². The summed E-state index contributed by atoms with van der Waals surface area (Å²) in [6.45, 7) is 2.21. The summed E-state index contributed by atoms with van der Waals surface area (Å²) in [5, 5.41) is 0. The number of aryl methyl sites for hydroxylation is 1. The maximum absolute atomic E-state index is 6.19. The standard InChI is InChI=1S/C12H21N3/c1-2-5-10-8-14-9-15(10)12-7-4-3-6-11(12)13/h8-9,11-12H,2-7,13H2,1H3. The molecule has 15 heavy (non-hydrogen) atoms. The number of hydrogen-bond donors (Lipinski definition) is 1. The molecule has 3 heteroatoms. The molecule has 0 radical (unpaired) electrons. The van der Waals surface area contributed by atoms with Gasteiger partial charge in [0.2, 0.25) is 0 Å². The van der Waals surface area contributed by atoms with E-state index in [1.807, 2.05) is 12.5 Å². The maximum Gasteiger partial charge on any atom is 0.0951 e. The molecule has 1 heterocycles. The first-order chi connectivity index (χ1) is 7.33. The zero-order chi connectivity index (χ0) is 10.7. The first-order valence-electron chi connectivity index (χ1n) is 6.09. The van der Waals surface area contributed by atoms with E-state index in [1.165, 1.54) is 31.4 Å². The topological polar surface area (TPSA) is 43.8 Å². The summed E-state index contributed by atoms with van der Waals surface area (Å²) in [4.78, 5) is 4.26. The zero-order valence-electron chi connectivity index (χ0n) is 9.52. The SMILES string of the molecule is CCCc1cncn1C1CCCCC1N. The fourth-order valence-corrected chi connectivity index (χ4v) is 2.57. The summed E-state index contributed by atoms with van der Waals surface area (Å²) in [6.07, 6.45) is 11.2. The van der Waals surface area contributed by atoms with Crippen LogP contribution in [-0.4, -0.2) is 15.6 Å². The molecule has 84 valence electrons.